The van der Waals surface area contributed by atoms with E-state index in [9.17, 15) is 8.42 Å². The molecule has 0 amide bonds. The number of para-hydroxylation sites is 2. The second-order valence-electron chi connectivity index (χ2n) is 5.02. The molecule has 124 valence electrons. The van der Waals surface area contributed by atoms with Crippen molar-refractivity contribution in [3.63, 3.8) is 0 Å². The minimum Gasteiger partial charge on any atom is -0.457 e. The van der Waals surface area contributed by atoms with Gasteiger partial charge in [0.2, 0.25) is 0 Å². The third-order valence-corrected chi connectivity index (χ3v) is 3.91. The van der Waals surface area contributed by atoms with Gasteiger partial charge in [0.15, 0.2) is 0 Å². The molecular weight excluding hydrogens is 324 g/mol. The fourth-order valence-electron chi connectivity index (χ4n) is 1.82. The first-order valence-electron chi connectivity index (χ1n) is 7.27. The van der Waals surface area contributed by atoms with E-state index in [0.29, 0.717) is 0 Å². The molecule has 0 unspecified atom stereocenters. The summed E-state index contributed by atoms with van der Waals surface area (Å²) in [5.41, 5.74) is 0.956. The minimum atomic E-state index is -4.02. The SMILES string of the molecule is Cc1ccc(S(=O)(=O)O)cc1.c1ccc(Oc2ccccc2)cc1. The van der Waals surface area contributed by atoms with Gasteiger partial charge in [-0.1, -0.05) is 54.1 Å². The summed E-state index contributed by atoms with van der Waals surface area (Å²) in [6.45, 7) is 1.84. The van der Waals surface area contributed by atoms with E-state index in [1.54, 1.807) is 12.1 Å². The number of ether oxygens (including phenoxy) is 1. The topological polar surface area (TPSA) is 63.6 Å². The van der Waals surface area contributed by atoms with E-state index in [-0.39, 0.29) is 4.90 Å². The van der Waals surface area contributed by atoms with Crippen LogP contribution in [0.1, 0.15) is 5.56 Å². The molecule has 0 aliphatic heterocycles. The van der Waals surface area contributed by atoms with E-state index in [0.717, 1.165) is 17.1 Å². The Labute approximate surface area is 142 Å². The molecule has 0 aliphatic rings. The molecule has 0 bridgehead atoms. The molecule has 24 heavy (non-hydrogen) atoms. The first kappa shape index (κ1) is 17.7. The molecule has 0 aromatic heterocycles. The van der Waals surface area contributed by atoms with Gasteiger partial charge in [-0.2, -0.15) is 8.42 Å². The maximum atomic E-state index is 10.5. The van der Waals surface area contributed by atoms with Crippen LogP contribution in [0, 0.1) is 6.92 Å². The van der Waals surface area contributed by atoms with Crippen molar-refractivity contribution in [1.29, 1.82) is 0 Å². The summed E-state index contributed by atoms with van der Waals surface area (Å²) in [6, 6.07) is 25.5. The number of hydrogen-bond acceptors (Lipinski definition) is 3. The molecule has 1 N–H and O–H groups in total. The van der Waals surface area contributed by atoms with Crippen molar-refractivity contribution in [3.8, 4) is 11.5 Å². The predicted octanol–water partition coefficient (Wildman–Crippen LogP) is 4.72. The second kappa shape index (κ2) is 8.29. The fourth-order valence-corrected chi connectivity index (χ4v) is 2.30. The maximum Gasteiger partial charge on any atom is 0.294 e. The van der Waals surface area contributed by atoms with Crippen molar-refractivity contribution in [2.75, 3.05) is 0 Å². The average Bonchev–Trinajstić information content (AvgIpc) is 2.57. The van der Waals surface area contributed by atoms with Crippen LogP contribution in [-0.4, -0.2) is 13.0 Å². The molecule has 0 heterocycles. The van der Waals surface area contributed by atoms with Gasteiger partial charge in [-0.15, -0.1) is 0 Å². The van der Waals surface area contributed by atoms with Crippen molar-refractivity contribution in [3.05, 3.63) is 90.5 Å². The number of rotatable bonds is 3. The quantitative estimate of drug-likeness (QED) is 0.700. The lowest BCUT2D eigenvalue weighted by molar-refractivity contribution is 0.482. The van der Waals surface area contributed by atoms with Crippen molar-refractivity contribution >= 4 is 10.1 Å². The van der Waals surface area contributed by atoms with Crippen LogP contribution in [0.25, 0.3) is 0 Å². The molecule has 3 rings (SSSR count). The van der Waals surface area contributed by atoms with E-state index >= 15 is 0 Å². The number of aryl methyl sites for hydroxylation is 1. The lowest BCUT2D eigenvalue weighted by atomic mass is 10.2. The van der Waals surface area contributed by atoms with E-state index in [1.165, 1.54) is 12.1 Å². The van der Waals surface area contributed by atoms with Gasteiger partial charge in [0.05, 0.1) is 4.90 Å². The van der Waals surface area contributed by atoms with Gasteiger partial charge in [-0.25, -0.2) is 0 Å². The predicted molar refractivity (Wildman–Crippen MR) is 94.0 cm³/mol. The smallest absolute Gasteiger partial charge is 0.294 e. The van der Waals surface area contributed by atoms with Crippen LogP contribution in [0.4, 0.5) is 0 Å². The van der Waals surface area contributed by atoms with Gasteiger partial charge in [0.25, 0.3) is 10.1 Å². The molecule has 0 aliphatic carbocycles. The Bertz CT molecular complexity index is 805. The lowest BCUT2D eigenvalue weighted by Gasteiger charge is -2.03. The highest BCUT2D eigenvalue weighted by molar-refractivity contribution is 7.85. The van der Waals surface area contributed by atoms with Crippen molar-refractivity contribution in [1.82, 2.24) is 0 Å². The zero-order valence-corrected chi connectivity index (χ0v) is 14.0. The lowest BCUT2D eigenvalue weighted by Crippen LogP contribution is -1.96. The summed E-state index contributed by atoms with van der Waals surface area (Å²) in [4.78, 5) is -0.0666. The van der Waals surface area contributed by atoms with Crippen molar-refractivity contribution in [2.24, 2.45) is 0 Å². The van der Waals surface area contributed by atoms with E-state index in [1.807, 2.05) is 67.6 Å². The minimum absolute atomic E-state index is 0.0666. The molecule has 3 aromatic rings. The summed E-state index contributed by atoms with van der Waals surface area (Å²) in [5, 5.41) is 0. The van der Waals surface area contributed by atoms with E-state index in [2.05, 4.69) is 0 Å². The first-order valence-corrected chi connectivity index (χ1v) is 8.71. The molecule has 0 radical (unpaired) electrons. The highest BCUT2D eigenvalue weighted by atomic mass is 32.2. The highest BCUT2D eigenvalue weighted by Gasteiger charge is 2.06. The molecule has 0 spiro atoms. The Hall–Kier alpha value is -2.63. The van der Waals surface area contributed by atoms with Crippen LogP contribution in [0.2, 0.25) is 0 Å². The largest absolute Gasteiger partial charge is 0.457 e. The number of benzene rings is 3. The van der Waals surface area contributed by atoms with Gasteiger partial charge >= 0.3 is 0 Å². The summed E-state index contributed by atoms with van der Waals surface area (Å²) in [7, 11) is -4.02. The normalized spacial score (nSPS) is 10.4. The second-order valence-corrected chi connectivity index (χ2v) is 6.44. The molecule has 0 saturated heterocycles. The van der Waals surface area contributed by atoms with Crippen LogP contribution in [-0.2, 0) is 10.1 Å². The van der Waals surface area contributed by atoms with Crippen LogP contribution < -0.4 is 4.74 Å². The molecule has 4 nitrogen and oxygen atoms in total. The van der Waals surface area contributed by atoms with Crippen molar-refractivity contribution in [2.45, 2.75) is 11.8 Å². The van der Waals surface area contributed by atoms with Crippen LogP contribution >= 0.6 is 0 Å². The van der Waals surface area contributed by atoms with Gasteiger partial charge in [-0.3, -0.25) is 4.55 Å². The van der Waals surface area contributed by atoms with Crippen LogP contribution in [0.5, 0.6) is 11.5 Å². The van der Waals surface area contributed by atoms with E-state index in [4.69, 9.17) is 9.29 Å². The molecular formula is C19H18O4S. The number of hydrogen-bond donors (Lipinski definition) is 1. The summed E-state index contributed by atoms with van der Waals surface area (Å²) in [5.74, 6) is 1.74. The molecule has 3 aromatic carbocycles. The fraction of sp³-hybridized carbons (Fsp3) is 0.0526. The van der Waals surface area contributed by atoms with Crippen LogP contribution in [0.3, 0.4) is 0 Å². The summed E-state index contributed by atoms with van der Waals surface area (Å²) < 4.78 is 35.1. The van der Waals surface area contributed by atoms with Crippen LogP contribution in [0.15, 0.2) is 89.8 Å². The molecule has 5 heteroatoms. The monoisotopic (exact) mass is 342 g/mol. The average molecular weight is 342 g/mol. The zero-order valence-electron chi connectivity index (χ0n) is 13.2. The Morgan fingerprint density at radius 2 is 1.12 bits per heavy atom. The molecule has 0 saturated carbocycles. The third-order valence-electron chi connectivity index (χ3n) is 3.04. The van der Waals surface area contributed by atoms with Gasteiger partial charge in [0, 0.05) is 0 Å². The highest BCUT2D eigenvalue weighted by Crippen LogP contribution is 2.19. The third kappa shape index (κ3) is 5.87. The molecule has 0 fully saturated rings. The Morgan fingerprint density at radius 3 is 1.50 bits per heavy atom. The maximum absolute atomic E-state index is 10.5. The summed E-state index contributed by atoms with van der Waals surface area (Å²) >= 11 is 0. The van der Waals surface area contributed by atoms with Crippen molar-refractivity contribution < 1.29 is 17.7 Å². The Kier molecular flexibility index (Phi) is 6.12. The molecule has 0 atom stereocenters. The zero-order chi connectivity index (χ0) is 17.4. The Balaban J connectivity index is 0.000000177. The Morgan fingerprint density at radius 1 is 0.708 bits per heavy atom. The first-order chi connectivity index (χ1) is 11.4. The van der Waals surface area contributed by atoms with E-state index < -0.39 is 10.1 Å². The van der Waals surface area contributed by atoms with Gasteiger partial charge in [-0.05, 0) is 43.3 Å². The van der Waals surface area contributed by atoms with Gasteiger partial charge < -0.3 is 4.74 Å². The van der Waals surface area contributed by atoms with Gasteiger partial charge in [0.1, 0.15) is 11.5 Å². The standard InChI is InChI=1S/C12H10O.C7H8O3S/c1-3-7-11(8-4-1)13-12-9-5-2-6-10-12;1-6-2-4-7(5-3-6)11(8,9)10/h1-10H;2-5H,1H3,(H,8,9,10). The summed E-state index contributed by atoms with van der Waals surface area (Å²) in [6.07, 6.45) is 0.